The van der Waals surface area contributed by atoms with Gasteiger partial charge in [-0.25, -0.2) is 0 Å². The van der Waals surface area contributed by atoms with Crippen LogP contribution in [0.3, 0.4) is 0 Å². The van der Waals surface area contributed by atoms with Crippen molar-refractivity contribution in [3.05, 3.63) is 35.9 Å². The molecule has 0 fully saturated rings. The molecule has 20 heavy (non-hydrogen) atoms. The number of nitrogens with one attached hydrogen (secondary N) is 1. The van der Waals surface area contributed by atoms with Gasteiger partial charge in [0, 0.05) is 5.54 Å². The van der Waals surface area contributed by atoms with E-state index in [1.807, 2.05) is 51.1 Å². The van der Waals surface area contributed by atoms with Gasteiger partial charge in [-0.2, -0.15) is 0 Å². The summed E-state index contributed by atoms with van der Waals surface area (Å²) in [4.78, 5) is 23.1. The van der Waals surface area contributed by atoms with E-state index >= 15 is 0 Å². The Morgan fingerprint density at radius 1 is 1.25 bits per heavy atom. The maximum absolute atomic E-state index is 12.0. The third-order valence-electron chi connectivity index (χ3n) is 2.52. The predicted octanol–water partition coefficient (Wildman–Crippen LogP) is 1.36. The van der Waals surface area contributed by atoms with Crippen LogP contribution in [0.25, 0.3) is 0 Å². The Bertz CT molecular complexity index is 452. The predicted molar refractivity (Wildman–Crippen MR) is 76.7 cm³/mol. The van der Waals surface area contributed by atoms with E-state index in [9.17, 15) is 9.59 Å². The molecule has 0 bridgehead atoms. The number of rotatable bonds is 6. The highest BCUT2D eigenvalue weighted by molar-refractivity contribution is 5.84. The zero-order valence-corrected chi connectivity index (χ0v) is 12.2. The lowest BCUT2D eigenvalue weighted by Crippen LogP contribution is -2.49. The number of benzene rings is 1. The number of esters is 1. The first-order valence-electron chi connectivity index (χ1n) is 6.54. The Balaban J connectivity index is 2.61. The third kappa shape index (κ3) is 6.33. The fraction of sp³-hybridized carbons (Fsp3) is 0.467. The molecular weight excluding hydrogens is 256 g/mol. The summed E-state index contributed by atoms with van der Waals surface area (Å²) in [7, 11) is 0. The minimum Gasteiger partial charge on any atom is -0.460 e. The van der Waals surface area contributed by atoms with Crippen molar-refractivity contribution in [2.24, 2.45) is 5.73 Å². The summed E-state index contributed by atoms with van der Waals surface area (Å²) in [5.41, 5.74) is 5.75. The van der Waals surface area contributed by atoms with E-state index in [2.05, 4.69) is 5.32 Å². The van der Waals surface area contributed by atoms with Crippen molar-refractivity contribution in [1.82, 2.24) is 5.32 Å². The van der Waals surface area contributed by atoms with Crippen LogP contribution in [0, 0.1) is 0 Å². The van der Waals surface area contributed by atoms with E-state index in [1.54, 1.807) is 0 Å². The molecule has 1 rings (SSSR count). The molecule has 1 aromatic rings. The van der Waals surface area contributed by atoms with Crippen LogP contribution in [0.5, 0.6) is 0 Å². The topological polar surface area (TPSA) is 81.4 Å². The molecule has 0 saturated heterocycles. The third-order valence-corrected chi connectivity index (χ3v) is 2.52. The monoisotopic (exact) mass is 278 g/mol. The lowest BCUT2D eigenvalue weighted by atomic mass is 10.1. The van der Waals surface area contributed by atoms with Crippen molar-refractivity contribution in [1.29, 1.82) is 0 Å². The van der Waals surface area contributed by atoms with Crippen LogP contribution in [-0.2, 0) is 20.9 Å². The quantitative estimate of drug-likeness (QED) is 0.770. The van der Waals surface area contributed by atoms with Crippen molar-refractivity contribution in [2.45, 2.75) is 45.4 Å². The van der Waals surface area contributed by atoms with Crippen LogP contribution in [0.4, 0.5) is 0 Å². The summed E-state index contributed by atoms with van der Waals surface area (Å²) in [6, 6.07) is 8.65. The maximum atomic E-state index is 12.0. The molecule has 0 unspecified atom stereocenters. The summed E-state index contributed by atoms with van der Waals surface area (Å²) >= 11 is 0. The van der Waals surface area contributed by atoms with E-state index < -0.39 is 17.9 Å². The molecule has 3 N–H and O–H groups in total. The molecule has 0 aliphatic carbocycles. The van der Waals surface area contributed by atoms with Crippen molar-refractivity contribution in [2.75, 3.05) is 0 Å². The van der Waals surface area contributed by atoms with E-state index in [-0.39, 0.29) is 18.6 Å². The van der Waals surface area contributed by atoms with Gasteiger partial charge in [0.15, 0.2) is 0 Å². The Morgan fingerprint density at radius 3 is 2.35 bits per heavy atom. The first-order chi connectivity index (χ1) is 9.28. The second kappa shape index (κ2) is 7.05. The second-order valence-corrected chi connectivity index (χ2v) is 5.71. The van der Waals surface area contributed by atoms with Gasteiger partial charge >= 0.3 is 5.97 Å². The summed E-state index contributed by atoms with van der Waals surface area (Å²) < 4.78 is 5.23. The molecule has 0 radical (unpaired) electrons. The van der Waals surface area contributed by atoms with Crippen molar-refractivity contribution >= 4 is 11.9 Å². The molecule has 5 heteroatoms. The van der Waals surface area contributed by atoms with E-state index in [0.717, 1.165) is 5.56 Å². The van der Waals surface area contributed by atoms with Gasteiger partial charge in [0.25, 0.3) is 0 Å². The van der Waals surface area contributed by atoms with Crippen molar-refractivity contribution < 1.29 is 14.3 Å². The van der Waals surface area contributed by atoms with Crippen molar-refractivity contribution in [3.8, 4) is 0 Å². The average molecular weight is 278 g/mol. The number of hydrogen-bond donors (Lipinski definition) is 2. The minimum absolute atomic E-state index is 0.0785. The standard InChI is InChI=1S/C15H22N2O3/c1-15(2,3)17-12(9-13(16)18)14(19)20-10-11-7-5-4-6-8-11/h4-8,12,17H,9-10H2,1-3H3,(H2,16,18)/t12-/m0/s1. The van der Waals surface area contributed by atoms with Crippen LogP contribution >= 0.6 is 0 Å². The van der Waals surface area contributed by atoms with Crippen LogP contribution in [0.15, 0.2) is 30.3 Å². The summed E-state index contributed by atoms with van der Waals surface area (Å²) in [5, 5.41) is 3.05. The number of hydrogen-bond acceptors (Lipinski definition) is 4. The first-order valence-corrected chi connectivity index (χ1v) is 6.54. The van der Waals surface area contributed by atoms with E-state index in [0.29, 0.717) is 0 Å². The fourth-order valence-electron chi connectivity index (χ4n) is 1.75. The normalized spacial score (nSPS) is 12.8. The van der Waals surface area contributed by atoms with Crippen LogP contribution in [-0.4, -0.2) is 23.5 Å². The molecular formula is C15H22N2O3. The summed E-state index contributed by atoms with van der Waals surface area (Å²) in [6.45, 7) is 5.91. The number of carbonyl (C=O) groups is 2. The first kappa shape index (κ1) is 16.2. The lowest BCUT2D eigenvalue weighted by molar-refractivity contribution is -0.149. The summed E-state index contributed by atoms with van der Waals surface area (Å²) in [5.74, 6) is -1.01. The molecule has 1 aromatic carbocycles. The minimum atomic E-state index is -0.726. The number of amides is 1. The molecule has 110 valence electrons. The zero-order valence-electron chi connectivity index (χ0n) is 12.2. The number of primary amides is 1. The molecule has 0 aliphatic rings. The molecule has 0 heterocycles. The molecule has 5 nitrogen and oxygen atoms in total. The molecule has 1 amide bonds. The van der Waals surface area contributed by atoms with Gasteiger partial charge in [-0.15, -0.1) is 0 Å². The summed E-state index contributed by atoms with van der Waals surface area (Å²) in [6.07, 6.45) is -0.0785. The number of carbonyl (C=O) groups excluding carboxylic acids is 2. The molecule has 0 saturated carbocycles. The van der Waals surface area contributed by atoms with Gasteiger partial charge in [-0.1, -0.05) is 30.3 Å². The van der Waals surface area contributed by atoms with Crippen LogP contribution in [0.1, 0.15) is 32.8 Å². The highest BCUT2D eigenvalue weighted by Gasteiger charge is 2.26. The van der Waals surface area contributed by atoms with Gasteiger partial charge in [0.1, 0.15) is 12.6 Å². The van der Waals surface area contributed by atoms with Crippen LogP contribution in [0.2, 0.25) is 0 Å². The number of ether oxygens (including phenoxy) is 1. The Morgan fingerprint density at radius 2 is 1.85 bits per heavy atom. The van der Waals surface area contributed by atoms with E-state index in [1.165, 1.54) is 0 Å². The van der Waals surface area contributed by atoms with Gasteiger partial charge in [-0.3, -0.25) is 14.9 Å². The number of nitrogens with two attached hydrogens (primary N) is 1. The smallest absolute Gasteiger partial charge is 0.324 e. The van der Waals surface area contributed by atoms with Gasteiger partial charge < -0.3 is 10.5 Å². The Labute approximate surface area is 119 Å². The van der Waals surface area contributed by atoms with E-state index in [4.69, 9.17) is 10.5 Å². The molecule has 1 atom stereocenters. The van der Waals surface area contributed by atoms with Crippen LogP contribution < -0.4 is 11.1 Å². The second-order valence-electron chi connectivity index (χ2n) is 5.71. The Hall–Kier alpha value is -1.88. The Kier molecular flexibility index (Phi) is 5.70. The zero-order chi connectivity index (χ0) is 15.2. The largest absolute Gasteiger partial charge is 0.460 e. The fourth-order valence-corrected chi connectivity index (χ4v) is 1.75. The van der Waals surface area contributed by atoms with Crippen molar-refractivity contribution in [3.63, 3.8) is 0 Å². The lowest BCUT2D eigenvalue weighted by Gasteiger charge is -2.26. The van der Waals surface area contributed by atoms with Gasteiger partial charge in [-0.05, 0) is 26.3 Å². The SMILES string of the molecule is CC(C)(C)N[C@@H](CC(N)=O)C(=O)OCc1ccccc1. The highest BCUT2D eigenvalue weighted by Crippen LogP contribution is 2.08. The molecule has 0 aliphatic heterocycles. The molecule has 0 spiro atoms. The molecule has 0 aromatic heterocycles. The van der Waals surface area contributed by atoms with Gasteiger partial charge in [0.05, 0.1) is 6.42 Å². The maximum Gasteiger partial charge on any atom is 0.324 e. The van der Waals surface area contributed by atoms with Gasteiger partial charge in [0.2, 0.25) is 5.91 Å². The average Bonchev–Trinajstić information content (AvgIpc) is 2.34. The highest BCUT2D eigenvalue weighted by atomic mass is 16.5.